The summed E-state index contributed by atoms with van der Waals surface area (Å²) in [6, 6.07) is 8.65. The molecule has 2 nitrogen and oxygen atoms in total. The van der Waals surface area contributed by atoms with E-state index in [9.17, 15) is 0 Å². The van der Waals surface area contributed by atoms with Gasteiger partial charge in [0.25, 0.3) is 0 Å². The molecule has 1 aromatic carbocycles. The summed E-state index contributed by atoms with van der Waals surface area (Å²) in [7, 11) is 0. The van der Waals surface area contributed by atoms with E-state index in [0.29, 0.717) is 5.92 Å². The Kier molecular flexibility index (Phi) is 3.85. The molecule has 0 aliphatic carbocycles. The second kappa shape index (κ2) is 5.37. The van der Waals surface area contributed by atoms with Crippen molar-refractivity contribution in [3.8, 4) is 0 Å². The van der Waals surface area contributed by atoms with Crippen molar-refractivity contribution in [2.45, 2.75) is 33.9 Å². The van der Waals surface area contributed by atoms with Gasteiger partial charge in [0.15, 0.2) is 0 Å². The van der Waals surface area contributed by atoms with Crippen molar-refractivity contribution in [1.29, 1.82) is 0 Å². The van der Waals surface area contributed by atoms with Gasteiger partial charge in [-0.15, -0.1) is 0 Å². The lowest BCUT2D eigenvalue weighted by Gasteiger charge is -2.06. The standard InChI is InChI=1S/C15H22N2/c1-4-17-11-13(10-16-9-12(2)3)14-7-5-6-8-15(14)17/h5-8,11-12,16H,4,9-10H2,1-3H3. The van der Waals surface area contributed by atoms with Crippen LogP contribution in [0.5, 0.6) is 0 Å². The van der Waals surface area contributed by atoms with Crippen molar-refractivity contribution >= 4 is 10.9 Å². The lowest BCUT2D eigenvalue weighted by molar-refractivity contribution is 0.552. The Balaban J connectivity index is 2.22. The molecular formula is C15H22N2. The van der Waals surface area contributed by atoms with Crippen molar-refractivity contribution in [1.82, 2.24) is 9.88 Å². The van der Waals surface area contributed by atoms with E-state index in [4.69, 9.17) is 0 Å². The largest absolute Gasteiger partial charge is 0.347 e. The summed E-state index contributed by atoms with van der Waals surface area (Å²) < 4.78 is 2.32. The van der Waals surface area contributed by atoms with Gasteiger partial charge in [0.05, 0.1) is 0 Å². The molecule has 1 N–H and O–H groups in total. The Labute approximate surface area is 104 Å². The fourth-order valence-electron chi connectivity index (χ4n) is 2.22. The SMILES string of the molecule is CCn1cc(CNCC(C)C)c2ccccc21. The van der Waals surface area contributed by atoms with Gasteiger partial charge in [-0.2, -0.15) is 0 Å². The van der Waals surface area contributed by atoms with Crippen LogP contribution in [0.1, 0.15) is 26.3 Å². The van der Waals surface area contributed by atoms with Gasteiger partial charge in [0, 0.05) is 30.2 Å². The average molecular weight is 230 g/mol. The quantitative estimate of drug-likeness (QED) is 0.833. The number of hydrogen-bond acceptors (Lipinski definition) is 1. The van der Waals surface area contributed by atoms with E-state index in [1.54, 1.807) is 0 Å². The lowest BCUT2D eigenvalue weighted by atomic mass is 10.1. The number of para-hydroxylation sites is 1. The van der Waals surface area contributed by atoms with E-state index in [-0.39, 0.29) is 0 Å². The van der Waals surface area contributed by atoms with Gasteiger partial charge in [-0.05, 0) is 31.0 Å². The van der Waals surface area contributed by atoms with Gasteiger partial charge in [0.1, 0.15) is 0 Å². The second-order valence-electron chi connectivity index (χ2n) is 4.98. The predicted octanol–water partition coefficient (Wildman–Crippen LogP) is 3.41. The second-order valence-corrected chi connectivity index (χ2v) is 4.98. The predicted molar refractivity (Wildman–Crippen MR) is 74.2 cm³/mol. The molecule has 0 unspecified atom stereocenters. The van der Waals surface area contributed by atoms with E-state index in [2.05, 4.69) is 61.1 Å². The Bertz CT molecular complexity index is 483. The van der Waals surface area contributed by atoms with Crippen molar-refractivity contribution in [2.75, 3.05) is 6.54 Å². The summed E-state index contributed by atoms with van der Waals surface area (Å²) >= 11 is 0. The minimum atomic E-state index is 0.703. The molecule has 92 valence electrons. The van der Waals surface area contributed by atoms with Crippen LogP contribution < -0.4 is 5.32 Å². The van der Waals surface area contributed by atoms with Crippen LogP contribution in [0.2, 0.25) is 0 Å². The first kappa shape index (κ1) is 12.2. The Morgan fingerprint density at radius 2 is 2.00 bits per heavy atom. The number of nitrogens with zero attached hydrogens (tertiary/aromatic N) is 1. The molecule has 0 atom stereocenters. The minimum Gasteiger partial charge on any atom is -0.347 e. The number of aromatic nitrogens is 1. The first-order chi connectivity index (χ1) is 8.22. The molecule has 0 aliphatic rings. The summed E-state index contributed by atoms with van der Waals surface area (Å²) in [4.78, 5) is 0. The highest BCUT2D eigenvalue weighted by molar-refractivity contribution is 5.83. The first-order valence-corrected chi connectivity index (χ1v) is 6.49. The molecule has 17 heavy (non-hydrogen) atoms. The first-order valence-electron chi connectivity index (χ1n) is 6.49. The lowest BCUT2D eigenvalue weighted by Crippen LogP contribution is -2.18. The maximum atomic E-state index is 3.52. The van der Waals surface area contributed by atoms with E-state index >= 15 is 0 Å². The van der Waals surface area contributed by atoms with E-state index in [1.165, 1.54) is 16.5 Å². The number of benzene rings is 1. The molecule has 1 aromatic heterocycles. The molecule has 0 spiro atoms. The monoisotopic (exact) mass is 230 g/mol. The van der Waals surface area contributed by atoms with Gasteiger partial charge in [-0.25, -0.2) is 0 Å². The fourth-order valence-corrected chi connectivity index (χ4v) is 2.22. The zero-order valence-corrected chi connectivity index (χ0v) is 11.0. The van der Waals surface area contributed by atoms with E-state index in [0.717, 1.165) is 19.6 Å². The summed E-state index contributed by atoms with van der Waals surface area (Å²) in [6.45, 7) is 9.74. The molecule has 0 radical (unpaired) electrons. The zero-order chi connectivity index (χ0) is 12.3. The van der Waals surface area contributed by atoms with Crippen LogP contribution in [0.25, 0.3) is 10.9 Å². The molecule has 0 saturated carbocycles. The summed E-state index contributed by atoms with van der Waals surface area (Å²) in [5.41, 5.74) is 2.75. The topological polar surface area (TPSA) is 17.0 Å². The highest BCUT2D eigenvalue weighted by Gasteiger charge is 2.06. The van der Waals surface area contributed by atoms with Crippen molar-refractivity contribution in [3.63, 3.8) is 0 Å². The number of rotatable bonds is 5. The molecule has 2 aromatic rings. The highest BCUT2D eigenvalue weighted by Crippen LogP contribution is 2.21. The van der Waals surface area contributed by atoms with Crippen LogP contribution in [0, 0.1) is 5.92 Å². The van der Waals surface area contributed by atoms with Crippen LogP contribution in [-0.2, 0) is 13.1 Å². The normalized spacial score (nSPS) is 11.5. The molecular weight excluding hydrogens is 208 g/mol. The number of nitrogens with one attached hydrogen (secondary N) is 1. The van der Waals surface area contributed by atoms with E-state index < -0.39 is 0 Å². The van der Waals surface area contributed by atoms with Gasteiger partial charge in [-0.1, -0.05) is 32.0 Å². The van der Waals surface area contributed by atoms with Crippen LogP contribution in [0.3, 0.4) is 0 Å². The number of fused-ring (bicyclic) bond motifs is 1. The summed E-state index contributed by atoms with van der Waals surface area (Å²) in [6.07, 6.45) is 2.28. The molecule has 0 amide bonds. The van der Waals surface area contributed by atoms with Crippen LogP contribution in [-0.4, -0.2) is 11.1 Å². The highest BCUT2D eigenvalue weighted by atomic mass is 15.0. The third-order valence-electron chi connectivity index (χ3n) is 3.08. The van der Waals surface area contributed by atoms with Gasteiger partial charge >= 0.3 is 0 Å². The third-order valence-corrected chi connectivity index (χ3v) is 3.08. The smallest absolute Gasteiger partial charge is 0.0483 e. The maximum absolute atomic E-state index is 3.52. The third kappa shape index (κ3) is 2.70. The van der Waals surface area contributed by atoms with Crippen LogP contribution in [0.4, 0.5) is 0 Å². The molecule has 1 heterocycles. The maximum Gasteiger partial charge on any atom is 0.0483 e. The van der Waals surface area contributed by atoms with Crippen molar-refractivity contribution in [3.05, 3.63) is 36.0 Å². The van der Waals surface area contributed by atoms with E-state index in [1.807, 2.05) is 0 Å². The van der Waals surface area contributed by atoms with Gasteiger partial charge in [0.2, 0.25) is 0 Å². The Morgan fingerprint density at radius 1 is 1.24 bits per heavy atom. The molecule has 0 saturated heterocycles. The Morgan fingerprint density at radius 3 is 2.71 bits per heavy atom. The molecule has 2 rings (SSSR count). The Hall–Kier alpha value is -1.28. The molecule has 0 aliphatic heterocycles. The van der Waals surface area contributed by atoms with Crippen LogP contribution >= 0.6 is 0 Å². The van der Waals surface area contributed by atoms with Gasteiger partial charge < -0.3 is 9.88 Å². The van der Waals surface area contributed by atoms with Crippen LogP contribution in [0.15, 0.2) is 30.5 Å². The summed E-state index contributed by atoms with van der Waals surface area (Å²) in [5.74, 6) is 0.703. The molecule has 0 fully saturated rings. The number of aryl methyl sites for hydroxylation is 1. The summed E-state index contributed by atoms with van der Waals surface area (Å²) in [5, 5.41) is 4.90. The minimum absolute atomic E-state index is 0.703. The molecule has 2 heteroatoms. The van der Waals surface area contributed by atoms with Crippen molar-refractivity contribution < 1.29 is 0 Å². The zero-order valence-electron chi connectivity index (χ0n) is 11.0. The average Bonchev–Trinajstić information content (AvgIpc) is 2.68. The fraction of sp³-hybridized carbons (Fsp3) is 0.467. The van der Waals surface area contributed by atoms with Gasteiger partial charge in [-0.3, -0.25) is 0 Å². The molecule has 0 bridgehead atoms. The number of hydrogen-bond donors (Lipinski definition) is 1. The van der Waals surface area contributed by atoms with Crippen molar-refractivity contribution in [2.24, 2.45) is 5.92 Å².